The van der Waals surface area contributed by atoms with Gasteiger partial charge in [-0.2, -0.15) is 13.2 Å². The number of ether oxygens (including phenoxy) is 2. The van der Waals surface area contributed by atoms with Crippen molar-refractivity contribution in [2.24, 2.45) is 0 Å². The Labute approximate surface area is 192 Å². The van der Waals surface area contributed by atoms with Crippen LogP contribution in [-0.2, 0) is 6.18 Å². The molecule has 0 unspecified atom stereocenters. The molecule has 1 aromatic heterocycles. The summed E-state index contributed by atoms with van der Waals surface area (Å²) in [5.74, 6) is 2.08. The van der Waals surface area contributed by atoms with Crippen LogP contribution in [0.1, 0.15) is 5.56 Å². The summed E-state index contributed by atoms with van der Waals surface area (Å²) in [5, 5.41) is 11.3. The Hall–Kier alpha value is -4.02. The minimum Gasteiger partial charge on any atom is -0.454 e. The molecule has 2 aliphatic heterocycles. The van der Waals surface area contributed by atoms with Crippen LogP contribution in [0.15, 0.2) is 54.6 Å². The standard InChI is InChI=1S/C23H20F3N5O3/c24-23(25,26)16-2-4-17(5-3-16)27-22(32)31-11-9-30(10-12-31)21-8-6-18(28-29-21)15-1-7-19-20(13-15)34-14-33-19/h1-8,13H,9-12,14H2,(H,27,32). The third kappa shape index (κ3) is 4.54. The number of alkyl halides is 3. The van der Waals surface area contributed by atoms with E-state index in [0.29, 0.717) is 54.9 Å². The molecule has 8 nitrogen and oxygen atoms in total. The normalized spacial score (nSPS) is 15.4. The zero-order valence-electron chi connectivity index (χ0n) is 17.9. The molecule has 2 aromatic carbocycles. The number of carbonyl (C=O) groups is 1. The number of benzene rings is 2. The number of piperazine rings is 1. The zero-order chi connectivity index (χ0) is 23.7. The number of hydrogen-bond acceptors (Lipinski definition) is 6. The SMILES string of the molecule is O=C(Nc1ccc(C(F)(F)F)cc1)N1CCN(c2ccc(-c3ccc4c(c3)OCO4)nn2)CC1. The van der Waals surface area contributed by atoms with Gasteiger partial charge in [-0.1, -0.05) is 0 Å². The highest BCUT2D eigenvalue weighted by Gasteiger charge is 2.30. The molecule has 0 radical (unpaired) electrons. The average Bonchev–Trinajstić information content (AvgIpc) is 3.32. The highest BCUT2D eigenvalue weighted by Crippen LogP contribution is 2.35. The van der Waals surface area contributed by atoms with Gasteiger partial charge in [-0.3, -0.25) is 0 Å². The first-order valence-corrected chi connectivity index (χ1v) is 10.6. The highest BCUT2D eigenvalue weighted by atomic mass is 19.4. The summed E-state index contributed by atoms with van der Waals surface area (Å²) in [7, 11) is 0. The van der Waals surface area contributed by atoms with E-state index in [1.54, 1.807) is 4.90 Å². The van der Waals surface area contributed by atoms with Gasteiger partial charge in [0.2, 0.25) is 6.79 Å². The minimum atomic E-state index is -4.41. The van der Waals surface area contributed by atoms with Crippen molar-refractivity contribution in [3.63, 3.8) is 0 Å². The molecule has 0 atom stereocenters. The second kappa shape index (κ2) is 8.73. The summed E-state index contributed by atoms with van der Waals surface area (Å²) in [5.41, 5.74) is 1.12. The van der Waals surface area contributed by atoms with Crippen LogP contribution in [0.25, 0.3) is 11.3 Å². The van der Waals surface area contributed by atoms with Crippen molar-refractivity contribution in [3.8, 4) is 22.8 Å². The van der Waals surface area contributed by atoms with Crippen LogP contribution in [0.5, 0.6) is 11.5 Å². The van der Waals surface area contributed by atoms with Crippen LogP contribution in [-0.4, -0.2) is 54.1 Å². The Morgan fingerprint density at radius 3 is 2.29 bits per heavy atom. The molecule has 2 aliphatic rings. The number of urea groups is 1. The molecule has 1 fully saturated rings. The highest BCUT2D eigenvalue weighted by molar-refractivity contribution is 5.89. The van der Waals surface area contributed by atoms with Crippen LogP contribution in [0.3, 0.4) is 0 Å². The number of anilines is 2. The maximum absolute atomic E-state index is 12.7. The van der Waals surface area contributed by atoms with Gasteiger partial charge in [0.15, 0.2) is 17.3 Å². The average molecular weight is 471 g/mol. The fraction of sp³-hybridized carbons (Fsp3) is 0.261. The molecule has 3 aromatic rings. The van der Waals surface area contributed by atoms with E-state index < -0.39 is 11.7 Å². The van der Waals surface area contributed by atoms with Gasteiger partial charge in [0, 0.05) is 37.4 Å². The number of fused-ring (bicyclic) bond motifs is 1. The summed E-state index contributed by atoms with van der Waals surface area (Å²) >= 11 is 0. The van der Waals surface area contributed by atoms with Crippen molar-refractivity contribution < 1.29 is 27.4 Å². The Balaban J connectivity index is 1.16. The van der Waals surface area contributed by atoms with Crippen molar-refractivity contribution in [1.29, 1.82) is 0 Å². The summed E-state index contributed by atoms with van der Waals surface area (Å²) < 4.78 is 48.8. The van der Waals surface area contributed by atoms with E-state index in [2.05, 4.69) is 15.5 Å². The summed E-state index contributed by atoms with van der Waals surface area (Å²) in [6, 6.07) is 13.4. The second-order valence-corrected chi connectivity index (χ2v) is 7.82. The maximum Gasteiger partial charge on any atom is 0.416 e. The Bertz CT molecular complexity index is 1180. The summed E-state index contributed by atoms with van der Waals surface area (Å²) in [6.45, 7) is 2.20. The number of halogens is 3. The van der Waals surface area contributed by atoms with E-state index in [0.717, 1.165) is 17.7 Å². The molecule has 176 valence electrons. The largest absolute Gasteiger partial charge is 0.454 e. The number of rotatable bonds is 3. The molecule has 1 N–H and O–H groups in total. The Morgan fingerprint density at radius 2 is 1.62 bits per heavy atom. The number of amides is 2. The van der Waals surface area contributed by atoms with Gasteiger partial charge < -0.3 is 24.6 Å². The smallest absolute Gasteiger partial charge is 0.416 e. The van der Waals surface area contributed by atoms with Gasteiger partial charge in [-0.25, -0.2) is 4.79 Å². The second-order valence-electron chi connectivity index (χ2n) is 7.82. The molecule has 0 spiro atoms. The Morgan fingerprint density at radius 1 is 0.882 bits per heavy atom. The van der Waals surface area contributed by atoms with Crippen LogP contribution >= 0.6 is 0 Å². The number of nitrogens with one attached hydrogen (secondary N) is 1. The van der Waals surface area contributed by atoms with Crippen molar-refractivity contribution >= 4 is 17.5 Å². The van der Waals surface area contributed by atoms with Gasteiger partial charge in [0.05, 0.1) is 11.3 Å². The lowest BCUT2D eigenvalue weighted by molar-refractivity contribution is -0.137. The van der Waals surface area contributed by atoms with Crippen LogP contribution in [0.4, 0.5) is 29.5 Å². The lowest BCUT2D eigenvalue weighted by Crippen LogP contribution is -2.50. The first kappa shape index (κ1) is 21.8. The molecule has 5 rings (SSSR count). The topological polar surface area (TPSA) is 79.8 Å². The summed E-state index contributed by atoms with van der Waals surface area (Å²) in [6.07, 6.45) is -4.41. The third-order valence-corrected chi connectivity index (χ3v) is 5.67. The molecular weight excluding hydrogens is 451 g/mol. The van der Waals surface area contributed by atoms with E-state index in [1.807, 2.05) is 35.2 Å². The fourth-order valence-electron chi connectivity index (χ4n) is 3.79. The zero-order valence-corrected chi connectivity index (χ0v) is 17.9. The van der Waals surface area contributed by atoms with E-state index in [4.69, 9.17) is 9.47 Å². The van der Waals surface area contributed by atoms with E-state index >= 15 is 0 Å². The van der Waals surface area contributed by atoms with Crippen LogP contribution < -0.4 is 19.7 Å². The maximum atomic E-state index is 12.7. The lowest BCUT2D eigenvalue weighted by Gasteiger charge is -2.35. The molecule has 34 heavy (non-hydrogen) atoms. The molecular formula is C23H20F3N5O3. The number of carbonyl (C=O) groups excluding carboxylic acids is 1. The molecule has 0 bridgehead atoms. The number of nitrogens with zero attached hydrogens (tertiary/aromatic N) is 4. The fourth-order valence-corrected chi connectivity index (χ4v) is 3.79. The van der Waals surface area contributed by atoms with Gasteiger partial charge in [0.25, 0.3) is 0 Å². The first-order chi connectivity index (χ1) is 16.4. The van der Waals surface area contributed by atoms with Crippen molar-refractivity contribution in [3.05, 3.63) is 60.2 Å². The van der Waals surface area contributed by atoms with Gasteiger partial charge in [-0.15, -0.1) is 10.2 Å². The van der Waals surface area contributed by atoms with E-state index in [9.17, 15) is 18.0 Å². The monoisotopic (exact) mass is 471 g/mol. The molecule has 11 heteroatoms. The van der Waals surface area contributed by atoms with Gasteiger partial charge in [0.1, 0.15) is 0 Å². The third-order valence-electron chi connectivity index (χ3n) is 5.67. The number of hydrogen-bond donors (Lipinski definition) is 1. The van der Waals surface area contributed by atoms with E-state index in [-0.39, 0.29) is 12.8 Å². The van der Waals surface area contributed by atoms with Gasteiger partial charge >= 0.3 is 12.2 Å². The molecule has 0 aliphatic carbocycles. The molecule has 1 saturated heterocycles. The number of aromatic nitrogens is 2. The molecule has 3 heterocycles. The quantitative estimate of drug-likeness (QED) is 0.616. The van der Waals surface area contributed by atoms with Crippen LogP contribution in [0, 0.1) is 0 Å². The lowest BCUT2D eigenvalue weighted by atomic mass is 10.1. The van der Waals surface area contributed by atoms with Crippen molar-refractivity contribution in [2.75, 3.05) is 43.2 Å². The molecule has 2 amide bonds. The Kier molecular flexibility index (Phi) is 5.60. The van der Waals surface area contributed by atoms with E-state index in [1.165, 1.54) is 12.1 Å². The van der Waals surface area contributed by atoms with Crippen LogP contribution in [0.2, 0.25) is 0 Å². The first-order valence-electron chi connectivity index (χ1n) is 10.6. The summed E-state index contributed by atoms with van der Waals surface area (Å²) in [4.78, 5) is 16.1. The van der Waals surface area contributed by atoms with Crippen molar-refractivity contribution in [2.45, 2.75) is 6.18 Å². The van der Waals surface area contributed by atoms with Gasteiger partial charge in [-0.05, 0) is 54.6 Å². The predicted octanol–water partition coefficient (Wildman–Crippen LogP) is 4.25. The predicted molar refractivity (Wildman–Crippen MR) is 118 cm³/mol. The minimum absolute atomic E-state index is 0.206. The van der Waals surface area contributed by atoms with Crippen molar-refractivity contribution in [1.82, 2.24) is 15.1 Å². The molecule has 0 saturated carbocycles.